The molecule has 0 unspecified atom stereocenters. The van der Waals surface area contributed by atoms with Gasteiger partial charge in [-0.05, 0) is 56.3 Å². The van der Waals surface area contributed by atoms with Gasteiger partial charge in [0.2, 0.25) is 6.29 Å². The van der Waals surface area contributed by atoms with Crippen molar-refractivity contribution in [2.45, 2.75) is 84.9 Å². The van der Waals surface area contributed by atoms with Crippen LogP contribution in [0.4, 0.5) is 0 Å². The summed E-state index contributed by atoms with van der Waals surface area (Å²) >= 11 is 0. The number of hydrogen-bond donors (Lipinski definition) is 1. The summed E-state index contributed by atoms with van der Waals surface area (Å²) in [6, 6.07) is 0. The summed E-state index contributed by atoms with van der Waals surface area (Å²) in [4.78, 5) is 12.8. The second kappa shape index (κ2) is 10.0. The monoisotopic (exact) mass is 520 g/mol. The summed E-state index contributed by atoms with van der Waals surface area (Å²) in [5, 5.41) is 11.7. The van der Waals surface area contributed by atoms with E-state index in [9.17, 15) is 9.90 Å². The fourth-order valence-corrected chi connectivity index (χ4v) is 7.87. The molecular weight excluding hydrogens is 476 g/mol. The molecule has 2 fully saturated rings. The van der Waals surface area contributed by atoms with Gasteiger partial charge in [-0.15, -0.1) is 0 Å². The zero-order chi connectivity index (χ0) is 27.3. The summed E-state index contributed by atoms with van der Waals surface area (Å²) in [5.41, 5.74) is 1.22. The van der Waals surface area contributed by atoms with Gasteiger partial charge in [0, 0.05) is 32.8 Å². The van der Waals surface area contributed by atoms with Crippen LogP contribution in [-0.2, 0) is 18.9 Å². The lowest BCUT2D eigenvalue weighted by atomic mass is 9.46. The lowest BCUT2D eigenvalue weighted by molar-refractivity contribution is -0.176. The van der Waals surface area contributed by atoms with E-state index in [0.29, 0.717) is 46.3 Å². The van der Waals surface area contributed by atoms with Crippen LogP contribution in [0.15, 0.2) is 0 Å². The topological polar surface area (TPSA) is 92.7 Å². The number of cyclic esters (lactones) is 1. The second-order valence-electron chi connectivity index (χ2n) is 12.1. The predicted octanol–water partition coefficient (Wildman–Crippen LogP) is 5.48. The Morgan fingerprint density at radius 2 is 1.70 bits per heavy atom. The van der Waals surface area contributed by atoms with Gasteiger partial charge in [0.1, 0.15) is 17.1 Å². The summed E-state index contributed by atoms with van der Waals surface area (Å²) < 4.78 is 34.7. The second-order valence-corrected chi connectivity index (χ2v) is 12.1. The fraction of sp³-hybridized carbons (Fsp3) is 0.759. The van der Waals surface area contributed by atoms with Crippen LogP contribution in [0.5, 0.6) is 11.5 Å². The Morgan fingerprint density at radius 3 is 2.30 bits per heavy atom. The van der Waals surface area contributed by atoms with E-state index in [4.69, 9.17) is 28.4 Å². The standard InChI is InChI=1S/C29H44O8/c1-16-22(32-6)20-19(26(35-9)37-24(20)30)21(25(33-7)34-8)23(16)36-15-18-28(4)13-10-12-27(2,3)17(28)11-14-29(18,5)31/h17-18,25-26,31H,10-15H2,1-9H3/t17-,18+,26+,28-,29+/m0/s1. The van der Waals surface area contributed by atoms with Crippen molar-refractivity contribution in [3.8, 4) is 11.5 Å². The molecule has 0 saturated heterocycles. The molecule has 0 radical (unpaired) electrons. The average molecular weight is 521 g/mol. The molecule has 2 aliphatic carbocycles. The van der Waals surface area contributed by atoms with Crippen LogP contribution in [0.25, 0.3) is 0 Å². The van der Waals surface area contributed by atoms with E-state index in [1.54, 1.807) is 0 Å². The molecular formula is C29H44O8. The zero-order valence-electron chi connectivity index (χ0n) is 23.9. The molecule has 8 nitrogen and oxygen atoms in total. The van der Waals surface area contributed by atoms with Crippen molar-refractivity contribution in [2.75, 3.05) is 35.0 Å². The number of fused-ring (bicyclic) bond motifs is 2. The summed E-state index contributed by atoms with van der Waals surface area (Å²) in [5.74, 6) is 0.746. The molecule has 0 bridgehead atoms. The third kappa shape index (κ3) is 4.44. The van der Waals surface area contributed by atoms with E-state index < -0.39 is 24.2 Å². The Bertz CT molecular complexity index is 1030. The minimum absolute atomic E-state index is 0.0750. The first-order valence-corrected chi connectivity index (χ1v) is 13.3. The van der Waals surface area contributed by atoms with Gasteiger partial charge in [-0.1, -0.05) is 27.2 Å². The van der Waals surface area contributed by atoms with Gasteiger partial charge in [-0.3, -0.25) is 0 Å². The summed E-state index contributed by atoms with van der Waals surface area (Å²) in [6.07, 6.45) is 3.35. The Hall–Kier alpha value is -1.87. The summed E-state index contributed by atoms with van der Waals surface area (Å²) in [7, 11) is 6.06. The maximum absolute atomic E-state index is 12.8. The number of aliphatic hydroxyl groups is 1. The Labute approximate surface area is 220 Å². The lowest BCUT2D eigenvalue weighted by Crippen LogP contribution is -2.59. The van der Waals surface area contributed by atoms with E-state index in [1.807, 2.05) is 13.8 Å². The smallest absolute Gasteiger partial charge is 0.345 e. The van der Waals surface area contributed by atoms with E-state index in [2.05, 4.69) is 20.8 Å². The molecule has 208 valence electrons. The normalized spacial score (nSPS) is 32.6. The highest BCUT2D eigenvalue weighted by atomic mass is 16.7. The Kier molecular flexibility index (Phi) is 7.63. The van der Waals surface area contributed by atoms with Crippen molar-refractivity contribution in [3.05, 3.63) is 22.3 Å². The fourth-order valence-electron chi connectivity index (χ4n) is 7.87. The van der Waals surface area contributed by atoms with Gasteiger partial charge >= 0.3 is 5.97 Å². The van der Waals surface area contributed by atoms with E-state index >= 15 is 0 Å². The largest absolute Gasteiger partial charge is 0.495 e. The van der Waals surface area contributed by atoms with Crippen LogP contribution in [0, 0.1) is 29.6 Å². The highest BCUT2D eigenvalue weighted by Gasteiger charge is 2.58. The lowest BCUT2D eigenvalue weighted by Gasteiger charge is -2.61. The molecule has 37 heavy (non-hydrogen) atoms. The molecule has 1 N–H and O–H groups in total. The van der Waals surface area contributed by atoms with E-state index in [-0.39, 0.29) is 16.7 Å². The molecule has 0 amide bonds. The minimum Gasteiger partial charge on any atom is -0.495 e. The molecule has 5 atom stereocenters. The highest BCUT2D eigenvalue weighted by Crippen LogP contribution is 2.62. The van der Waals surface area contributed by atoms with Crippen molar-refractivity contribution < 1.29 is 38.3 Å². The highest BCUT2D eigenvalue weighted by molar-refractivity contribution is 5.98. The first-order chi connectivity index (χ1) is 17.4. The molecule has 1 aromatic carbocycles. The SMILES string of the molecule is COc1c(C)c(OC[C@@H]2[C@@]3(C)CCCC(C)(C)[C@@H]3CC[C@@]2(C)O)c(C(OC)OC)c2c1C(=O)O[C@H]2OC. The third-order valence-electron chi connectivity index (χ3n) is 9.60. The quantitative estimate of drug-likeness (QED) is 0.356. The van der Waals surface area contributed by atoms with Crippen LogP contribution in [0.1, 0.15) is 99.4 Å². The van der Waals surface area contributed by atoms with Crippen LogP contribution in [0.2, 0.25) is 0 Å². The minimum atomic E-state index is -0.944. The molecule has 3 aliphatic rings. The summed E-state index contributed by atoms with van der Waals surface area (Å²) in [6.45, 7) is 11.2. The molecule has 1 heterocycles. The Morgan fingerprint density at radius 1 is 1.03 bits per heavy atom. The van der Waals surface area contributed by atoms with Crippen LogP contribution in [0.3, 0.4) is 0 Å². The van der Waals surface area contributed by atoms with Crippen LogP contribution in [-0.4, -0.2) is 51.7 Å². The predicted molar refractivity (Wildman–Crippen MR) is 138 cm³/mol. The van der Waals surface area contributed by atoms with Crippen LogP contribution >= 0.6 is 0 Å². The third-order valence-corrected chi connectivity index (χ3v) is 9.60. The average Bonchev–Trinajstić information content (AvgIpc) is 3.15. The van der Waals surface area contributed by atoms with Crippen molar-refractivity contribution in [3.63, 3.8) is 0 Å². The van der Waals surface area contributed by atoms with Gasteiger partial charge in [-0.25, -0.2) is 4.79 Å². The number of methoxy groups -OCH3 is 4. The van der Waals surface area contributed by atoms with Gasteiger partial charge in [0.05, 0.1) is 30.4 Å². The van der Waals surface area contributed by atoms with E-state index in [1.165, 1.54) is 34.9 Å². The number of carbonyl (C=O) groups excluding carboxylic acids is 1. The zero-order valence-corrected chi connectivity index (χ0v) is 23.9. The number of esters is 1. The van der Waals surface area contributed by atoms with Gasteiger partial charge in [0.15, 0.2) is 6.29 Å². The maximum atomic E-state index is 12.8. The number of ether oxygens (including phenoxy) is 6. The molecule has 0 spiro atoms. The van der Waals surface area contributed by atoms with Crippen molar-refractivity contribution in [1.29, 1.82) is 0 Å². The molecule has 0 aromatic heterocycles. The molecule has 1 aromatic rings. The van der Waals surface area contributed by atoms with E-state index in [0.717, 1.165) is 25.7 Å². The van der Waals surface area contributed by atoms with Crippen molar-refractivity contribution in [1.82, 2.24) is 0 Å². The molecule has 2 saturated carbocycles. The number of carbonyl (C=O) groups is 1. The van der Waals surface area contributed by atoms with Crippen LogP contribution < -0.4 is 9.47 Å². The number of rotatable bonds is 8. The van der Waals surface area contributed by atoms with Gasteiger partial charge in [-0.2, -0.15) is 0 Å². The Balaban J connectivity index is 1.82. The molecule has 8 heteroatoms. The molecule has 1 aliphatic heterocycles. The number of benzene rings is 1. The van der Waals surface area contributed by atoms with Crippen molar-refractivity contribution in [2.24, 2.45) is 22.7 Å². The van der Waals surface area contributed by atoms with Crippen molar-refractivity contribution >= 4 is 5.97 Å². The number of hydrogen-bond acceptors (Lipinski definition) is 8. The first kappa shape index (κ1) is 28.1. The van der Waals surface area contributed by atoms with Gasteiger partial charge in [0.25, 0.3) is 0 Å². The molecule has 4 rings (SSSR count). The van der Waals surface area contributed by atoms with Gasteiger partial charge < -0.3 is 33.5 Å². The maximum Gasteiger partial charge on any atom is 0.345 e. The first-order valence-electron chi connectivity index (χ1n) is 13.3.